The molecule has 1 aromatic rings. The molecule has 33 heavy (non-hydrogen) atoms. The highest BCUT2D eigenvalue weighted by molar-refractivity contribution is 5.92. The second-order valence-corrected chi connectivity index (χ2v) is 10.4. The van der Waals surface area contributed by atoms with Crippen molar-refractivity contribution in [2.24, 2.45) is 5.92 Å². The van der Waals surface area contributed by atoms with Crippen molar-refractivity contribution in [2.45, 2.75) is 90.1 Å². The van der Waals surface area contributed by atoms with Gasteiger partial charge in [-0.3, -0.25) is 9.59 Å². The van der Waals surface area contributed by atoms with Gasteiger partial charge in [0.2, 0.25) is 11.8 Å². The molecule has 4 unspecified atom stereocenters. The number of amides is 3. The Kier molecular flexibility index (Phi) is 7.67. The number of ether oxygens (including phenoxy) is 1. The molecule has 1 fully saturated rings. The fraction of sp³-hybridized carbons (Fsp3) is 0.640. The van der Waals surface area contributed by atoms with Crippen LogP contribution < -0.4 is 10.6 Å². The molecule has 0 saturated carbocycles. The standard InChI is InChI=1S/C25H37N3O5/c1-15(2)21(27-24(32)33-25(3,4)5)23(31)28-14-17(29)13-20(28)22(30)26-19-12-8-10-16-9-6-7-11-18(16)19/h6-7,9,11,15,17,19-21,29H,8,10,12-14H2,1-5H3,(H,26,30)(H,27,32). The van der Waals surface area contributed by atoms with Crippen LogP contribution in [0.1, 0.15) is 71.0 Å². The Hall–Kier alpha value is -2.61. The number of fused-ring (bicyclic) bond motifs is 1. The molecule has 3 rings (SSSR count). The van der Waals surface area contributed by atoms with E-state index >= 15 is 0 Å². The van der Waals surface area contributed by atoms with Crippen molar-refractivity contribution in [1.29, 1.82) is 0 Å². The summed E-state index contributed by atoms with van der Waals surface area (Å²) in [5.74, 6) is -0.894. The zero-order valence-electron chi connectivity index (χ0n) is 20.3. The van der Waals surface area contributed by atoms with Gasteiger partial charge in [0.05, 0.1) is 12.1 Å². The van der Waals surface area contributed by atoms with E-state index in [4.69, 9.17) is 4.74 Å². The molecule has 8 nitrogen and oxygen atoms in total. The Balaban J connectivity index is 1.73. The predicted octanol–water partition coefficient (Wildman–Crippen LogP) is 2.69. The second-order valence-electron chi connectivity index (χ2n) is 10.4. The van der Waals surface area contributed by atoms with Crippen LogP contribution in [0.5, 0.6) is 0 Å². The van der Waals surface area contributed by atoms with Gasteiger partial charge < -0.3 is 25.4 Å². The maximum Gasteiger partial charge on any atom is 0.408 e. The Morgan fingerprint density at radius 3 is 2.55 bits per heavy atom. The van der Waals surface area contributed by atoms with E-state index in [-0.39, 0.29) is 30.8 Å². The minimum Gasteiger partial charge on any atom is -0.444 e. The van der Waals surface area contributed by atoms with E-state index in [9.17, 15) is 19.5 Å². The van der Waals surface area contributed by atoms with Crippen molar-refractivity contribution in [3.63, 3.8) is 0 Å². The largest absolute Gasteiger partial charge is 0.444 e. The number of aliphatic hydroxyl groups excluding tert-OH is 1. The van der Waals surface area contributed by atoms with Gasteiger partial charge in [0.25, 0.3) is 0 Å². The van der Waals surface area contributed by atoms with Crippen molar-refractivity contribution in [1.82, 2.24) is 15.5 Å². The molecule has 8 heteroatoms. The topological polar surface area (TPSA) is 108 Å². The first kappa shape index (κ1) is 25.0. The molecular formula is C25H37N3O5. The van der Waals surface area contributed by atoms with Crippen LogP contribution >= 0.6 is 0 Å². The summed E-state index contributed by atoms with van der Waals surface area (Å²) >= 11 is 0. The van der Waals surface area contributed by atoms with E-state index in [1.54, 1.807) is 20.8 Å². The molecule has 1 aromatic carbocycles. The quantitative estimate of drug-likeness (QED) is 0.628. The molecule has 0 spiro atoms. The maximum atomic E-state index is 13.4. The summed E-state index contributed by atoms with van der Waals surface area (Å²) in [5.41, 5.74) is 1.65. The molecule has 1 aliphatic heterocycles. The van der Waals surface area contributed by atoms with E-state index in [0.717, 1.165) is 24.8 Å². The van der Waals surface area contributed by atoms with Crippen molar-refractivity contribution in [2.75, 3.05) is 6.54 Å². The third-order valence-electron chi connectivity index (χ3n) is 6.16. The van der Waals surface area contributed by atoms with Crippen molar-refractivity contribution >= 4 is 17.9 Å². The maximum absolute atomic E-state index is 13.4. The smallest absolute Gasteiger partial charge is 0.408 e. The van der Waals surface area contributed by atoms with Gasteiger partial charge in [-0.25, -0.2) is 4.79 Å². The van der Waals surface area contributed by atoms with E-state index in [1.807, 2.05) is 32.0 Å². The molecule has 3 N–H and O–H groups in total. The summed E-state index contributed by atoms with van der Waals surface area (Å²) in [4.78, 5) is 40.4. The molecule has 1 aliphatic carbocycles. The normalized spacial score (nSPS) is 23.6. The SMILES string of the molecule is CC(C)C(NC(=O)OC(C)(C)C)C(=O)N1CC(O)CC1C(=O)NC1CCCc2ccccc21. The number of aliphatic hydroxyl groups is 1. The van der Waals surface area contributed by atoms with Crippen LogP contribution in [-0.2, 0) is 20.7 Å². The average molecular weight is 460 g/mol. The van der Waals surface area contributed by atoms with Crippen LogP contribution in [0, 0.1) is 5.92 Å². The van der Waals surface area contributed by atoms with Gasteiger partial charge in [-0.2, -0.15) is 0 Å². The fourth-order valence-electron chi connectivity index (χ4n) is 4.60. The lowest BCUT2D eigenvalue weighted by Crippen LogP contribution is -2.56. The van der Waals surface area contributed by atoms with E-state index in [1.165, 1.54) is 10.5 Å². The molecule has 1 heterocycles. The Labute approximate surface area is 196 Å². The van der Waals surface area contributed by atoms with Gasteiger partial charge in [-0.1, -0.05) is 38.1 Å². The van der Waals surface area contributed by atoms with Gasteiger partial charge in [0.1, 0.15) is 17.7 Å². The number of hydrogen-bond acceptors (Lipinski definition) is 5. The van der Waals surface area contributed by atoms with Crippen LogP contribution in [0.2, 0.25) is 0 Å². The molecular weight excluding hydrogens is 422 g/mol. The van der Waals surface area contributed by atoms with Crippen LogP contribution in [0.3, 0.4) is 0 Å². The Morgan fingerprint density at radius 2 is 1.88 bits per heavy atom. The highest BCUT2D eigenvalue weighted by Crippen LogP contribution is 2.30. The molecule has 4 atom stereocenters. The molecule has 0 aromatic heterocycles. The minimum atomic E-state index is -0.865. The zero-order chi connectivity index (χ0) is 24.3. The minimum absolute atomic E-state index is 0.0530. The molecule has 0 radical (unpaired) electrons. The van der Waals surface area contributed by atoms with Crippen molar-refractivity contribution in [3.05, 3.63) is 35.4 Å². The van der Waals surface area contributed by atoms with Crippen LogP contribution in [0.25, 0.3) is 0 Å². The summed E-state index contributed by atoms with van der Waals surface area (Å²) in [5, 5.41) is 16.1. The van der Waals surface area contributed by atoms with Crippen LogP contribution in [0.4, 0.5) is 4.79 Å². The number of nitrogens with one attached hydrogen (secondary N) is 2. The highest BCUT2D eigenvalue weighted by Gasteiger charge is 2.43. The highest BCUT2D eigenvalue weighted by atomic mass is 16.6. The molecule has 182 valence electrons. The molecule has 2 aliphatic rings. The number of nitrogens with zero attached hydrogens (tertiary/aromatic N) is 1. The third-order valence-corrected chi connectivity index (χ3v) is 6.16. The predicted molar refractivity (Wildman–Crippen MR) is 124 cm³/mol. The number of carbonyl (C=O) groups excluding carboxylic acids is 3. The van der Waals surface area contributed by atoms with Gasteiger partial charge >= 0.3 is 6.09 Å². The van der Waals surface area contributed by atoms with Crippen molar-refractivity contribution in [3.8, 4) is 0 Å². The monoisotopic (exact) mass is 459 g/mol. The number of carbonyl (C=O) groups is 3. The second kappa shape index (κ2) is 10.1. The number of hydrogen-bond donors (Lipinski definition) is 3. The summed E-state index contributed by atoms with van der Waals surface area (Å²) in [6.07, 6.45) is 1.49. The summed E-state index contributed by atoms with van der Waals surface area (Å²) in [7, 11) is 0. The first-order valence-corrected chi connectivity index (χ1v) is 11.8. The van der Waals surface area contributed by atoms with E-state index < -0.39 is 35.8 Å². The molecule has 3 amide bonds. The summed E-state index contributed by atoms with van der Waals surface area (Å²) < 4.78 is 5.31. The number of rotatable bonds is 5. The van der Waals surface area contributed by atoms with Crippen molar-refractivity contribution < 1.29 is 24.2 Å². The zero-order valence-corrected chi connectivity index (χ0v) is 20.3. The van der Waals surface area contributed by atoms with E-state index in [2.05, 4.69) is 16.7 Å². The Bertz CT molecular complexity index is 879. The number of likely N-dealkylation sites (tertiary alicyclic amines) is 1. The molecule has 0 bridgehead atoms. The lowest BCUT2D eigenvalue weighted by atomic mass is 9.87. The number of alkyl carbamates (subject to hydrolysis) is 1. The van der Waals surface area contributed by atoms with Gasteiger partial charge in [-0.15, -0.1) is 0 Å². The van der Waals surface area contributed by atoms with Gasteiger partial charge in [0, 0.05) is 13.0 Å². The summed E-state index contributed by atoms with van der Waals surface area (Å²) in [6, 6.07) is 6.32. The fourth-order valence-corrected chi connectivity index (χ4v) is 4.60. The first-order chi connectivity index (χ1) is 15.5. The number of benzene rings is 1. The average Bonchev–Trinajstić information content (AvgIpc) is 3.12. The number of aryl methyl sites for hydroxylation is 1. The molecule has 1 saturated heterocycles. The first-order valence-electron chi connectivity index (χ1n) is 11.8. The summed E-state index contributed by atoms with van der Waals surface area (Å²) in [6.45, 7) is 8.94. The number of β-amino-alcohol motifs (C(OH)–C–C–N with tert-alkyl or cyclic N) is 1. The lowest BCUT2D eigenvalue weighted by molar-refractivity contribution is -0.141. The lowest BCUT2D eigenvalue weighted by Gasteiger charge is -2.32. The van der Waals surface area contributed by atoms with Gasteiger partial charge in [-0.05, 0) is 57.1 Å². The Morgan fingerprint density at radius 1 is 1.18 bits per heavy atom. The third kappa shape index (κ3) is 6.25. The van der Waals surface area contributed by atoms with Crippen LogP contribution in [-0.4, -0.2) is 58.2 Å². The van der Waals surface area contributed by atoms with Crippen LogP contribution in [0.15, 0.2) is 24.3 Å². The van der Waals surface area contributed by atoms with E-state index in [0.29, 0.717) is 0 Å². The van der Waals surface area contributed by atoms with Gasteiger partial charge in [0.15, 0.2) is 0 Å².